The molecule has 0 radical (unpaired) electrons. The molecule has 0 aromatic heterocycles. The fourth-order valence-electron chi connectivity index (χ4n) is 4.05. The van der Waals surface area contributed by atoms with Gasteiger partial charge in [-0.1, -0.05) is 24.3 Å². The second-order valence-electron chi connectivity index (χ2n) is 7.44. The molecule has 0 atom stereocenters. The van der Waals surface area contributed by atoms with Gasteiger partial charge in [0.2, 0.25) is 5.91 Å². The van der Waals surface area contributed by atoms with Gasteiger partial charge in [0.15, 0.2) is 0 Å². The monoisotopic (exact) mass is 373 g/mol. The lowest BCUT2D eigenvalue weighted by atomic mass is 10.0. The number of piperidine rings is 1. The molecule has 3 rings (SSSR count). The normalized spacial score (nSPS) is 19.2. The lowest BCUT2D eigenvalue weighted by molar-refractivity contribution is -0.132. The van der Waals surface area contributed by atoms with Crippen LogP contribution in [-0.2, 0) is 16.0 Å². The number of ether oxygens (including phenoxy) is 1. The topological polar surface area (TPSA) is 53.1 Å². The summed E-state index contributed by atoms with van der Waals surface area (Å²) in [5, 5.41) is 0. The van der Waals surface area contributed by atoms with Crippen molar-refractivity contribution in [1.29, 1.82) is 0 Å². The van der Waals surface area contributed by atoms with Crippen LogP contribution >= 0.6 is 0 Å². The quantitative estimate of drug-likeness (QED) is 0.813. The van der Waals surface area contributed by atoms with Crippen LogP contribution in [0.3, 0.4) is 0 Å². The minimum Gasteiger partial charge on any atom is -0.450 e. The zero-order valence-electron chi connectivity index (χ0n) is 16.5. The van der Waals surface area contributed by atoms with Gasteiger partial charge in [-0.3, -0.25) is 9.69 Å². The van der Waals surface area contributed by atoms with Crippen LogP contribution in [0.25, 0.3) is 0 Å². The number of aryl methyl sites for hydroxylation is 1. The molecule has 6 heteroatoms. The number of piperazine rings is 1. The third-order valence-corrected chi connectivity index (χ3v) is 5.78. The number of carbonyl (C=O) groups is 2. The van der Waals surface area contributed by atoms with Crippen LogP contribution in [0.2, 0.25) is 0 Å². The highest BCUT2D eigenvalue weighted by Gasteiger charge is 2.30. The maximum Gasteiger partial charge on any atom is 0.409 e. The number of hydrogen-bond acceptors (Lipinski definition) is 4. The molecule has 148 valence electrons. The fourth-order valence-corrected chi connectivity index (χ4v) is 4.05. The molecule has 0 spiro atoms. The molecular weight excluding hydrogens is 342 g/mol. The minimum atomic E-state index is -0.192. The Hall–Kier alpha value is -2.08. The van der Waals surface area contributed by atoms with Crippen molar-refractivity contribution >= 4 is 12.0 Å². The molecule has 2 fully saturated rings. The van der Waals surface area contributed by atoms with E-state index in [1.54, 1.807) is 0 Å². The fraction of sp³-hybridized carbons (Fsp3) is 0.619. The lowest BCUT2D eigenvalue weighted by Gasteiger charge is -2.42. The second kappa shape index (κ2) is 9.22. The average Bonchev–Trinajstić information content (AvgIpc) is 2.70. The Morgan fingerprint density at radius 1 is 1.00 bits per heavy atom. The number of amides is 2. The number of benzene rings is 1. The predicted octanol–water partition coefficient (Wildman–Crippen LogP) is 2.30. The molecule has 0 N–H and O–H groups in total. The molecule has 2 aliphatic rings. The van der Waals surface area contributed by atoms with Crippen molar-refractivity contribution in [3.8, 4) is 0 Å². The number of hydrogen-bond donors (Lipinski definition) is 0. The van der Waals surface area contributed by atoms with Gasteiger partial charge in [-0.25, -0.2) is 4.79 Å². The van der Waals surface area contributed by atoms with Gasteiger partial charge in [-0.15, -0.1) is 0 Å². The van der Waals surface area contributed by atoms with Crippen LogP contribution in [0, 0.1) is 6.92 Å². The van der Waals surface area contributed by atoms with Crippen LogP contribution in [0.4, 0.5) is 4.79 Å². The van der Waals surface area contributed by atoms with Gasteiger partial charge in [0.25, 0.3) is 0 Å². The number of likely N-dealkylation sites (tertiary alicyclic amines) is 1. The van der Waals surface area contributed by atoms with E-state index in [1.807, 2.05) is 34.9 Å². The Labute approximate surface area is 162 Å². The molecule has 2 saturated heterocycles. The second-order valence-corrected chi connectivity index (χ2v) is 7.44. The maximum atomic E-state index is 12.6. The summed E-state index contributed by atoms with van der Waals surface area (Å²) in [6.45, 7) is 9.27. The van der Waals surface area contributed by atoms with Gasteiger partial charge < -0.3 is 14.5 Å². The Kier molecular flexibility index (Phi) is 6.72. The van der Waals surface area contributed by atoms with Crippen LogP contribution in [0.15, 0.2) is 24.3 Å². The molecule has 6 nitrogen and oxygen atoms in total. The first-order valence-electron chi connectivity index (χ1n) is 10.1. The van der Waals surface area contributed by atoms with Crippen LogP contribution in [0.5, 0.6) is 0 Å². The molecular formula is C21H31N3O3. The van der Waals surface area contributed by atoms with Crippen molar-refractivity contribution in [2.75, 3.05) is 45.9 Å². The van der Waals surface area contributed by atoms with E-state index in [0.717, 1.165) is 57.7 Å². The van der Waals surface area contributed by atoms with Gasteiger partial charge in [0.1, 0.15) is 0 Å². The molecule has 2 heterocycles. The van der Waals surface area contributed by atoms with Crippen LogP contribution < -0.4 is 0 Å². The summed E-state index contributed by atoms with van der Waals surface area (Å²) < 4.78 is 5.09. The van der Waals surface area contributed by atoms with Gasteiger partial charge in [0, 0.05) is 45.3 Å². The van der Waals surface area contributed by atoms with Crippen LogP contribution in [-0.4, -0.2) is 78.6 Å². The third kappa shape index (κ3) is 5.01. The van der Waals surface area contributed by atoms with E-state index in [2.05, 4.69) is 17.9 Å². The molecule has 0 bridgehead atoms. The predicted molar refractivity (Wildman–Crippen MR) is 105 cm³/mol. The molecule has 0 aliphatic carbocycles. The molecule has 2 aliphatic heterocycles. The smallest absolute Gasteiger partial charge is 0.409 e. The summed E-state index contributed by atoms with van der Waals surface area (Å²) in [4.78, 5) is 30.7. The van der Waals surface area contributed by atoms with E-state index in [0.29, 0.717) is 19.1 Å². The standard InChI is InChI=1S/C21H31N3O3/c1-3-27-21(26)24-10-8-19(9-11-24)22-12-14-23(15-13-22)20(25)16-18-7-5-4-6-17(18)2/h4-7,19H,3,8-16H2,1-2H3. The van der Waals surface area contributed by atoms with Crippen LogP contribution in [0.1, 0.15) is 30.9 Å². The molecule has 1 aromatic carbocycles. The highest BCUT2D eigenvalue weighted by Crippen LogP contribution is 2.19. The van der Waals surface area contributed by atoms with Gasteiger partial charge in [0.05, 0.1) is 13.0 Å². The molecule has 2 amide bonds. The summed E-state index contributed by atoms with van der Waals surface area (Å²) in [7, 11) is 0. The van der Waals surface area contributed by atoms with Crippen molar-refractivity contribution in [3.63, 3.8) is 0 Å². The zero-order valence-corrected chi connectivity index (χ0v) is 16.5. The Morgan fingerprint density at radius 2 is 1.67 bits per heavy atom. The van der Waals surface area contributed by atoms with Crippen molar-refractivity contribution in [1.82, 2.24) is 14.7 Å². The highest BCUT2D eigenvalue weighted by molar-refractivity contribution is 5.79. The van der Waals surface area contributed by atoms with Gasteiger partial charge in [-0.2, -0.15) is 0 Å². The van der Waals surface area contributed by atoms with E-state index >= 15 is 0 Å². The Morgan fingerprint density at radius 3 is 2.30 bits per heavy atom. The summed E-state index contributed by atoms with van der Waals surface area (Å²) in [5.74, 6) is 0.223. The SMILES string of the molecule is CCOC(=O)N1CCC(N2CCN(C(=O)Cc3ccccc3C)CC2)CC1. The number of carbonyl (C=O) groups excluding carboxylic acids is 2. The van der Waals surface area contributed by atoms with Crippen molar-refractivity contribution in [2.45, 2.75) is 39.2 Å². The minimum absolute atomic E-state index is 0.192. The third-order valence-electron chi connectivity index (χ3n) is 5.78. The summed E-state index contributed by atoms with van der Waals surface area (Å²) >= 11 is 0. The first kappa shape index (κ1) is 19.7. The van der Waals surface area contributed by atoms with E-state index < -0.39 is 0 Å². The molecule has 0 unspecified atom stereocenters. The van der Waals surface area contributed by atoms with E-state index in [1.165, 1.54) is 5.56 Å². The highest BCUT2D eigenvalue weighted by atomic mass is 16.6. The number of nitrogens with zero attached hydrogens (tertiary/aromatic N) is 3. The van der Waals surface area contributed by atoms with Gasteiger partial charge >= 0.3 is 6.09 Å². The largest absolute Gasteiger partial charge is 0.450 e. The lowest BCUT2D eigenvalue weighted by Crippen LogP contribution is -2.55. The summed E-state index contributed by atoms with van der Waals surface area (Å²) in [5.41, 5.74) is 2.30. The average molecular weight is 373 g/mol. The van der Waals surface area contributed by atoms with Crippen molar-refractivity contribution in [2.24, 2.45) is 0 Å². The first-order valence-corrected chi connectivity index (χ1v) is 10.1. The Balaban J connectivity index is 1.43. The summed E-state index contributed by atoms with van der Waals surface area (Å²) in [6.07, 6.45) is 2.26. The zero-order chi connectivity index (χ0) is 19.2. The van der Waals surface area contributed by atoms with E-state index in [4.69, 9.17) is 4.74 Å². The number of rotatable bonds is 4. The first-order chi connectivity index (χ1) is 13.1. The van der Waals surface area contributed by atoms with Crippen molar-refractivity contribution < 1.29 is 14.3 Å². The maximum absolute atomic E-state index is 12.6. The Bertz CT molecular complexity index is 648. The van der Waals surface area contributed by atoms with Crippen molar-refractivity contribution in [3.05, 3.63) is 35.4 Å². The molecule has 1 aromatic rings. The molecule has 27 heavy (non-hydrogen) atoms. The van der Waals surface area contributed by atoms with E-state index in [9.17, 15) is 9.59 Å². The van der Waals surface area contributed by atoms with E-state index in [-0.39, 0.29) is 12.0 Å². The van der Waals surface area contributed by atoms with Gasteiger partial charge in [-0.05, 0) is 37.8 Å². The summed E-state index contributed by atoms with van der Waals surface area (Å²) in [6, 6.07) is 8.61. The molecule has 0 saturated carbocycles.